The van der Waals surface area contributed by atoms with E-state index < -0.39 is 17.8 Å². The highest BCUT2D eigenvalue weighted by molar-refractivity contribution is 5.98. The summed E-state index contributed by atoms with van der Waals surface area (Å²) in [6.45, 7) is 0. The Morgan fingerprint density at radius 3 is 2.31 bits per heavy atom. The molecule has 2 amide bonds. The summed E-state index contributed by atoms with van der Waals surface area (Å²) in [5.41, 5.74) is 7.25. The zero-order valence-corrected chi connectivity index (χ0v) is 15.2. The number of alkyl halides is 3. The van der Waals surface area contributed by atoms with Crippen molar-refractivity contribution in [2.75, 3.05) is 11.1 Å². The first kappa shape index (κ1) is 18.9. The summed E-state index contributed by atoms with van der Waals surface area (Å²) < 4.78 is 39.8. The lowest BCUT2D eigenvalue weighted by atomic mass is 10.1. The van der Waals surface area contributed by atoms with Crippen molar-refractivity contribution in [1.82, 2.24) is 15.1 Å². The molecule has 4 rings (SSSR count). The quantitative estimate of drug-likeness (QED) is 0.605. The Bertz CT molecular complexity index is 1020. The number of hydrogen-bond acceptors (Lipinski definition) is 3. The number of aromatic nitrogens is 2. The van der Waals surface area contributed by atoms with Gasteiger partial charge in [-0.15, -0.1) is 0 Å². The predicted octanol–water partition coefficient (Wildman–Crippen LogP) is 4.42. The van der Waals surface area contributed by atoms with E-state index in [1.807, 2.05) is 30.3 Å². The fourth-order valence-electron chi connectivity index (χ4n) is 2.90. The summed E-state index contributed by atoms with van der Waals surface area (Å²) in [6.07, 6.45) is -2.57. The Labute approximate surface area is 164 Å². The monoisotopic (exact) mass is 401 g/mol. The smallest absolute Gasteiger partial charge is 0.382 e. The molecule has 0 bridgehead atoms. The summed E-state index contributed by atoms with van der Waals surface area (Å²) in [5, 5.41) is 10.0. The van der Waals surface area contributed by atoms with Crippen LogP contribution in [0.4, 0.5) is 29.5 Å². The van der Waals surface area contributed by atoms with Gasteiger partial charge in [0, 0.05) is 11.6 Å². The van der Waals surface area contributed by atoms with E-state index in [-0.39, 0.29) is 11.9 Å². The van der Waals surface area contributed by atoms with E-state index in [2.05, 4.69) is 15.7 Å². The number of nitrogens with zero attached hydrogens (tertiary/aromatic N) is 2. The molecule has 0 aliphatic heterocycles. The lowest BCUT2D eigenvalue weighted by molar-refractivity contribution is -0.137. The maximum Gasteiger partial charge on any atom is 0.416 e. The van der Waals surface area contributed by atoms with Gasteiger partial charge < -0.3 is 16.4 Å². The van der Waals surface area contributed by atoms with Crippen LogP contribution in [0.2, 0.25) is 0 Å². The number of amides is 2. The number of halogens is 3. The van der Waals surface area contributed by atoms with Gasteiger partial charge in [-0.05, 0) is 37.1 Å². The highest BCUT2D eigenvalue weighted by Gasteiger charge is 2.30. The van der Waals surface area contributed by atoms with E-state index in [0.29, 0.717) is 22.6 Å². The van der Waals surface area contributed by atoms with E-state index in [4.69, 9.17) is 5.73 Å². The number of nitrogen functional groups attached to an aromatic ring is 1. The average Bonchev–Trinajstić information content (AvgIpc) is 3.45. The molecule has 1 saturated carbocycles. The number of nitrogens with two attached hydrogens (primary N) is 1. The van der Waals surface area contributed by atoms with Gasteiger partial charge >= 0.3 is 12.2 Å². The van der Waals surface area contributed by atoms with Crippen molar-refractivity contribution in [1.29, 1.82) is 0 Å². The molecule has 9 heteroatoms. The molecule has 1 fully saturated rings. The van der Waals surface area contributed by atoms with Crippen molar-refractivity contribution in [3.05, 3.63) is 60.2 Å². The van der Waals surface area contributed by atoms with Crippen molar-refractivity contribution < 1.29 is 18.0 Å². The second-order valence-corrected chi connectivity index (χ2v) is 6.80. The lowest BCUT2D eigenvalue weighted by Gasteiger charge is -2.09. The zero-order chi connectivity index (χ0) is 20.6. The van der Waals surface area contributed by atoms with E-state index in [9.17, 15) is 18.0 Å². The number of urea groups is 1. The van der Waals surface area contributed by atoms with Crippen LogP contribution >= 0.6 is 0 Å². The molecule has 0 spiro atoms. The molecule has 2 aromatic carbocycles. The van der Waals surface area contributed by atoms with Crippen molar-refractivity contribution >= 4 is 17.5 Å². The highest BCUT2D eigenvalue weighted by Crippen LogP contribution is 2.35. The Kier molecular flexibility index (Phi) is 4.65. The molecule has 4 N–H and O–H groups in total. The average molecular weight is 401 g/mol. The molecule has 1 aliphatic rings. The van der Waals surface area contributed by atoms with Crippen molar-refractivity contribution in [2.24, 2.45) is 0 Å². The van der Waals surface area contributed by atoms with E-state index in [1.165, 1.54) is 16.8 Å². The molecule has 1 aliphatic carbocycles. The van der Waals surface area contributed by atoms with Gasteiger partial charge in [0.15, 0.2) is 5.82 Å². The van der Waals surface area contributed by atoms with E-state index >= 15 is 0 Å². The van der Waals surface area contributed by atoms with E-state index in [0.717, 1.165) is 25.0 Å². The molecule has 0 unspecified atom stereocenters. The van der Waals surface area contributed by atoms with Gasteiger partial charge in [0.2, 0.25) is 0 Å². The van der Waals surface area contributed by atoms with Crippen LogP contribution in [0.15, 0.2) is 54.6 Å². The molecule has 0 saturated heterocycles. The maximum absolute atomic E-state index is 12.8. The third-order valence-corrected chi connectivity index (χ3v) is 4.56. The summed E-state index contributed by atoms with van der Waals surface area (Å²) in [4.78, 5) is 12.3. The normalized spacial score (nSPS) is 13.9. The second-order valence-electron chi connectivity index (χ2n) is 6.80. The molecule has 1 aromatic heterocycles. The Morgan fingerprint density at radius 2 is 1.72 bits per heavy atom. The molecule has 6 nitrogen and oxygen atoms in total. The van der Waals surface area contributed by atoms with Crippen LogP contribution in [0.3, 0.4) is 0 Å². The van der Waals surface area contributed by atoms with Crippen molar-refractivity contribution in [3.8, 4) is 16.9 Å². The first-order valence-corrected chi connectivity index (χ1v) is 9.02. The van der Waals surface area contributed by atoms with Crippen LogP contribution < -0.4 is 16.4 Å². The first-order chi connectivity index (χ1) is 13.8. The summed E-state index contributed by atoms with van der Waals surface area (Å²) >= 11 is 0. The molecule has 3 aromatic rings. The SMILES string of the molecule is Nc1c(NC(=O)NC2CC2)c(-c2ccccc2)nn1-c1ccc(C(F)(F)F)cc1. The zero-order valence-electron chi connectivity index (χ0n) is 15.2. The Morgan fingerprint density at radius 1 is 1.07 bits per heavy atom. The topological polar surface area (TPSA) is 85.0 Å². The van der Waals surface area contributed by atoms with Crippen molar-refractivity contribution in [2.45, 2.75) is 25.1 Å². The summed E-state index contributed by atoms with van der Waals surface area (Å²) in [6, 6.07) is 13.3. The summed E-state index contributed by atoms with van der Waals surface area (Å²) in [7, 11) is 0. The first-order valence-electron chi connectivity index (χ1n) is 9.02. The molecule has 0 atom stereocenters. The molecule has 150 valence electrons. The van der Waals surface area contributed by atoms with Gasteiger partial charge in [0.25, 0.3) is 0 Å². The third-order valence-electron chi connectivity index (χ3n) is 4.56. The van der Waals surface area contributed by atoms with Crippen molar-refractivity contribution in [3.63, 3.8) is 0 Å². The molecular weight excluding hydrogens is 383 g/mol. The number of rotatable bonds is 4. The number of carbonyl (C=O) groups excluding carboxylic acids is 1. The molecule has 29 heavy (non-hydrogen) atoms. The van der Waals surface area contributed by atoms with Crippen LogP contribution in [-0.2, 0) is 6.18 Å². The Hall–Kier alpha value is -3.49. The van der Waals surface area contributed by atoms with Gasteiger partial charge in [0.05, 0.1) is 11.3 Å². The molecular formula is C20H18F3N5O. The predicted molar refractivity (Wildman–Crippen MR) is 104 cm³/mol. The highest BCUT2D eigenvalue weighted by atomic mass is 19.4. The van der Waals surface area contributed by atoms with Crippen LogP contribution in [0.1, 0.15) is 18.4 Å². The minimum atomic E-state index is -4.43. The van der Waals surface area contributed by atoms with Crippen LogP contribution in [0, 0.1) is 0 Å². The van der Waals surface area contributed by atoms with Gasteiger partial charge in [-0.25, -0.2) is 9.48 Å². The van der Waals surface area contributed by atoms with Gasteiger partial charge in [-0.1, -0.05) is 30.3 Å². The van der Waals surface area contributed by atoms with Gasteiger partial charge in [0.1, 0.15) is 11.4 Å². The van der Waals surface area contributed by atoms with Crippen LogP contribution in [-0.4, -0.2) is 21.9 Å². The van der Waals surface area contributed by atoms with Gasteiger partial charge in [-0.2, -0.15) is 18.3 Å². The fourth-order valence-corrected chi connectivity index (χ4v) is 2.90. The second kappa shape index (κ2) is 7.16. The molecule has 0 radical (unpaired) electrons. The maximum atomic E-state index is 12.8. The van der Waals surface area contributed by atoms with Crippen LogP contribution in [0.25, 0.3) is 16.9 Å². The minimum absolute atomic E-state index is 0.120. The minimum Gasteiger partial charge on any atom is -0.382 e. The Balaban J connectivity index is 1.73. The summed E-state index contributed by atoms with van der Waals surface area (Å²) in [5.74, 6) is 0.120. The molecule has 1 heterocycles. The lowest BCUT2D eigenvalue weighted by Crippen LogP contribution is -2.30. The van der Waals surface area contributed by atoms with Gasteiger partial charge in [-0.3, -0.25) is 0 Å². The number of carbonyl (C=O) groups is 1. The van der Waals surface area contributed by atoms with E-state index in [1.54, 1.807) is 0 Å². The standard InChI is InChI=1S/C20H18F3N5O/c21-20(22,23)13-6-10-15(11-7-13)28-18(24)17(26-19(29)25-14-8-9-14)16(27-28)12-4-2-1-3-5-12/h1-7,10-11,14H,8-9,24H2,(H2,25,26,29). The third kappa shape index (κ3) is 4.03. The van der Waals surface area contributed by atoms with Crippen LogP contribution in [0.5, 0.6) is 0 Å². The largest absolute Gasteiger partial charge is 0.416 e. The number of benzene rings is 2. The number of anilines is 2. The number of hydrogen-bond donors (Lipinski definition) is 3. The number of nitrogens with one attached hydrogen (secondary N) is 2. The fraction of sp³-hybridized carbons (Fsp3) is 0.200.